The fraction of sp³-hybridized carbons (Fsp3) is 0.758. The molecule has 0 unspecified atom stereocenters. The zero-order valence-corrected chi connectivity index (χ0v) is 25.9. The number of rotatable bonds is 1. The molecular formula is C33H68N4O. The summed E-state index contributed by atoms with van der Waals surface area (Å²) in [6.45, 7) is 32.9. The van der Waals surface area contributed by atoms with E-state index < -0.39 is 0 Å². The van der Waals surface area contributed by atoms with Crippen LogP contribution in [-0.4, -0.2) is 33.7 Å². The number of aryl methyl sites for hydroxylation is 2. The third-order valence-electron chi connectivity index (χ3n) is 4.83. The minimum atomic E-state index is 0. The normalized spacial score (nSPS) is 10.8. The van der Waals surface area contributed by atoms with Gasteiger partial charge in [-0.25, -0.2) is 9.97 Å². The molecule has 2 aromatic heterocycles. The van der Waals surface area contributed by atoms with Crippen molar-refractivity contribution in [3.63, 3.8) is 0 Å². The predicted octanol–water partition coefficient (Wildman–Crippen LogP) is 10.2. The quantitative estimate of drug-likeness (QED) is 0.363. The van der Waals surface area contributed by atoms with Crippen LogP contribution in [0.5, 0.6) is 0 Å². The van der Waals surface area contributed by atoms with Gasteiger partial charge in [0, 0.05) is 37.3 Å². The summed E-state index contributed by atoms with van der Waals surface area (Å²) in [6, 6.07) is 0. The number of methoxy groups -OCH3 is 1. The Morgan fingerprint density at radius 1 is 0.605 bits per heavy atom. The van der Waals surface area contributed by atoms with Crippen molar-refractivity contribution in [2.24, 2.45) is 10.8 Å². The summed E-state index contributed by atoms with van der Waals surface area (Å²) in [4.78, 5) is 16.7. The third-order valence-corrected chi connectivity index (χ3v) is 4.83. The Morgan fingerprint density at radius 2 is 1.03 bits per heavy atom. The first-order valence-corrected chi connectivity index (χ1v) is 12.7. The van der Waals surface area contributed by atoms with E-state index in [2.05, 4.69) is 110 Å². The van der Waals surface area contributed by atoms with E-state index in [1.165, 1.54) is 12.0 Å². The van der Waals surface area contributed by atoms with Crippen LogP contribution < -0.4 is 0 Å². The molecule has 0 fully saturated rings. The lowest BCUT2D eigenvalue weighted by atomic mass is 9.89. The number of ether oxygens (including phenoxy) is 1. The lowest BCUT2D eigenvalue weighted by Gasteiger charge is -2.17. The average molecular weight is 537 g/mol. The molecule has 0 bridgehead atoms. The van der Waals surface area contributed by atoms with Gasteiger partial charge in [-0.05, 0) is 35.7 Å². The number of nitrogens with zero attached hydrogens (tertiary/aromatic N) is 4. The second-order valence-electron chi connectivity index (χ2n) is 13.5. The Labute approximate surface area is 240 Å². The Morgan fingerprint density at radius 3 is 1.24 bits per heavy atom. The van der Waals surface area contributed by atoms with Crippen molar-refractivity contribution in [3.8, 4) is 0 Å². The first-order valence-electron chi connectivity index (χ1n) is 12.7. The summed E-state index contributed by atoms with van der Waals surface area (Å²) < 4.78 is 4.91. The van der Waals surface area contributed by atoms with Gasteiger partial charge in [0.15, 0.2) is 0 Å². The number of hydrogen-bond acceptors (Lipinski definition) is 5. The van der Waals surface area contributed by atoms with Gasteiger partial charge in [0.1, 0.15) is 5.82 Å². The number of hydrogen-bond donors (Lipinski definition) is 0. The molecule has 0 N–H and O–H groups in total. The molecule has 0 aliphatic rings. The molecule has 0 spiro atoms. The topological polar surface area (TPSA) is 60.8 Å². The molecule has 0 radical (unpaired) electrons. The van der Waals surface area contributed by atoms with Crippen LogP contribution >= 0.6 is 0 Å². The molecule has 5 heteroatoms. The molecule has 2 rings (SSSR count). The van der Waals surface area contributed by atoms with E-state index in [9.17, 15) is 0 Å². The highest BCUT2D eigenvalue weighted by Crippen LogP contribution is 2.20. The number of aromatic nitrogens is 4. The van der Waals surface area contributed by atoms with Crippen molar-refractivity contribution in [3.05, 3.63) is 47.6 Å². The van der Waals surface area contributed by atoms with E-state index in [0.717, 1.165) is 23.8 Å². The van der Waals surface area contributed by atoms with Crippen molar-refractivity contribution in [2.45, 2.75) is 143 Å². The largest absolute Gasteiger partial charge is 0.384 e. The monoisotopic (exact) mass is 537 g/mol. The molecule has 0 aliphatic heterocycles. The first kappa shape index (κ1) is 46.0. The molecular weight excluding hydrogens is 468 g/mol. The summed E-state index contributed by atoms with van der Waals surface area (Å²) in [5.74, 6) is 0.831. The second kappa shape index (κ2) is 20.1. The van der Waals surface area contributed by atoms with Gasteiger partial charge in [-0.2, -0.15) is 0 Å². The Kier molecular flexibility index (Phi) is 24.3. The predicted molar refractivity (Wildman–Crippen MR) is 172 cm³/mol. The summed E-state index contributed by atoms with van der Waals surface area (Å²) in [5.41, 5.74) is 4.34. The van der Waals surface area contributed by atoms with Gasteiger partial charge < -0.3 is 4.74 Å². The Balaban J connectivity index is -0.000000128. The van der Waals surface area contributed by atoms with Crippen LogP contribution in [0.25, 0.3) is 0 Å². The van der Waals surface area contributed by atoms with Crippen LogP contribution in [0.1, 0.15) is 141 Å². The average Bonchev–Trinajstić information content (AvgIpc) is 2.67. The van der Waals surface area contributed by atoms with Crippen molar-refractivity contribution in [1.82, 2.24) is 19.9 Å². The standard InChI is InChI=1S/2C9H14N2.C6H14O.C6H14.3CH4/c1-7-10-5-8(6-11-7)9(2,3)4;1-7-5-11-8(6-10-7)9(2,3)4;1-6(2,3)5-7-4;1-5-6(2,3)4;;;/h2*5-6H,1-4H3;5H2,1-4H3;5H2,1-4H3;3*1H4. The highest BCUT2D eigenvalue weighted by atomic mass is 16.5. The van der Waals surface area contributed by atoms with Gasteiger partial charge in [-0.15, -0.1) is 0 Å². The molecule has 0 amide bonds. The molecule has 5 nitrogen and oxygen atoms in total. The molecule has 226 valence electrons. The van der Waals surface area contributed by atoms with Crippen LogP contribution in [0.2, 0.25) is 0 Å². The molecule has 0 aliphatic carbocycles. The lowest BCUT2D eigenvalue weighted by molar-refractivity contribution is 0.116. The van der Waals surface area contributed by atoms with E-state index in [1.807, 2.05) is 32.4 Å². The van der Waals surface area contributed by atoms with Crippen LogP contribution in [0, 0.1) is 24.7 Å². The minimum Gasteiger partial charge on any atom is -0.384 e. The maximum Gasteiger partial charge on any atom is 0.125 e. The second-order valence-corrected chi connectivity index (χ2v) is 13.5. The van der Waals surface area contributed by atoms with Crippen molar-refractivity contribution >= 4 is 0 Å². The van der Waals surface area contributed by atoms with Crippen LogP contribution in [0.15, 0.2) is 24.8 Å². The Hall–Kier alpha value is -1.88. The zero-order valence-electron chi connectivity index (χ0n) is 25.9. The van der Waals surface area contributed by atoms with E-state index in [4.69, 9.17) is 4.74 Å². The van der Waals surface area contributed by atoms with Crippen LogP contribution in [0.4, 0.5) is 0 Å². The van der Waals surface area contributed by atoms with Crippen LogP contribution in [-0.2, 0) is 15.6 Å². The smallest absolute Gasteiger partial charge is 0.125 e. The molecule has 38 heavy (non-hydrogen) atoms. The van der Waals surface area contributed by atoms with Gasteiger partial charge >= 0.3 is 0 Å². The molecule has 0 atom stereocenters. The lowest BCUT2D eigenvalue weighted by Crippen LogP contribution is -2.13. The first-order chi connectivity index (χ1) is 15.6. The minimum absolute atomic E-state index is 0. The van der Waals surface area contributed by atoms with Crippen LogP contribution in [0.3, 0.4) is 0 Å². The highest BCUT2D eigenvalue weighted by Gasteiger charge is 2.15. The molecule has 0 aromatic carbocycles. The summed E-state index contributed by atoms with van der Waals surface area (Å²) in [5, 5.41) is 0. The molecule has 2 aromatic rings. The van der Waals surface area contributed by atoms with Crippen molar-refractivity contribution in [2.75, 3.05) is 13.7 Å². The van der Waals surface area contributed by atoms with Gasteiger partial charge in [0.2, 0.25) is 0 Å². The van der Waals surface area contributed by atoms with Gasteiger partial charge in [0.25, 0.3) is 0 Å². The summed E-state index contributed by atoms with van der Waals surface area (Å²) in [7, 11) is 1.73. The van der Waals surface area contributed by atoms with Gasteiger partial charge in [0.05, 0.1) is 18.0 Å². The van der Waals surface area contributed by atoms with E-state index in [1.54, 1.807) is 13.3 Å². The van der Waals surface area contributed by atoms with E-state index >= 15 is 0 Å². The highest BCUT2D eigenvalue weighted by molar-refractivity contribution is 5.15. The molecule has 0 saturated carbocycles. The summed E-state index contributed by atoms with van der Waals surface area (Å²) >= 11 is 0. The maximum absolute atomic E-state index is 4.91. The fourth-order valence-corrected chi connectivity index (χ4v) is 1.99. The molecule has 2 heterocycles. The SMILES string of the molecule is C.C.C.CCC(C)(C)C.COCC(C)(C)C.Cc1cnc(C(C)(C)C)cn1.Cc1ncc(C(C)(C)C)cn1. The third kappa shape index (κ3) is 27.2. The van der Waals surface area contributed by atoms with Gasteiger partial charge in [-0.3, -0.25) is 9.97 Å². The zero-order chi connectivity index (χ0) is 28.1. The van der Waals surface area contributed by atoms with Crippen molar-refractivity contribution < 1.29 is 4.74 Å². The Bertz CT molecular complexity index is 730. The van der Waals surface area contributed by atoms with Gasteiger partial charge in [-0.1, -0.05) is 119 Å². The van der Waals surface area contributed by atoms with Crippen molar-refractivity contribution in [1.29, 1.82) is 0 Å². The summed E-state index contributed by atoms with van der Waals surface area (Å²) in [6.07, 6.45) is 8.70. The van der Waals surface area contributed by atoms with E-state index in [-0.39, 0.29) is 33.1 Å². The maximum atomic E-state index is 4.91. The molecule has 0 saturated heterocycles. The van der Waals surface area contributed by atoms with E-state index in [0.29, 0.717) is 10.8 Å². The fourth-order valence-electron chi connectivity index (χ4n) is 1.99.